The molecule has 14 heavy (non-hydrogen) atoms. The molecule has 0 bridgehead atoms. The van der Waals surface area contributed by atoms with Gasteiger partial charge in [0.1, 0.15) is 0 Å². The van der Waals surface area contributed by atoms with Crippen LogP contribution in [0.4, 0.5) is 0 Å². The average molecular weight is 199 g/mol. The Morgan fingerprint density at radius 2 is 1.93 bits per heavy atom. The van der Waals surface area contributed by atoms with Gasteiger partial charge in [-0.15, -0.1) is 0 Å². The van der Waals surface area contributed by atoms with Gasteiger partial charge in [0.05, 0.1) is 6.61 Å². The van der Waals surface area contributed by atoms with Crippen molar-refractivity contribution in [2.75, 3.05) is 26.8 Å². The first-order chi connectivity index (χ1) is 6.64. The highest BCUT2D eigenvalue weighted by Gasteiger charge is 2.19. The molecule has 0 aromatic carbocycles. The van der Waals surface area contributed by atoms with Gasteiger partial charge in [0.15, 0.2) is 0 Å². The normalized spacial score (nSPS) is 19.1. The molecule has 0 spiro atoms. The fraction of sp³-hybridized carbons (Fsp3) is 1.00. The molecule has 0 aliphatic heterocycles. The van der Waals surface area contributed by atoms with E-state index in [1.807, 2.05) is 7.05 Å². The van der Waals surface area contributed by atoms with Gasteiger partial charge in [0, 0.05) is 18.6 Å². The maximum atomic E-state index is 5.79. The summed E-state index contributed by atoms with van der Waals surface area (Å²) in [6.45, 7) is 7.38. The lowest BCUT2D eigenvalue weighted by Crippen LogP contribution is -2.31. The number of nitrogens with one attached hydrogen (secondary N) is 1. The first-order valence-corrected chi connectivity index (χ1v) is 5.86. The molecule has 2 heteroatoms. The molecule has 1 aliphatic rings. The molecule has 0 atom stereocenters. The van der Waals surface area contributed by atoms with Gasteiger partial charge in [-0.3, -0.25) is 0 Å². The summed E-state index contributed by atoms with van der Waals surface area (Å²) in [7, 11) is 2.00. The van der Waals surface area contributed by atoms with Gasteiger partial charge in [-0.2, -0.15) is 0 Å². The van der Waals surface area contributed by atoms with Crippen LogP contribution in [0.1, 0.15) is 39.5 Å². The highest BCUT2D eigenvalue weighted by molar-refractivity contribution is 4.71. The number of rotatable bonds is 6. The molecular formula is C12H25NO. The van der Waals surface area contributed by atoms with E-state index in [1.165, 1.54) is 25.7 Å². The van der Waals surface area contributed by atoms with E-state index >= 15 is 0 Å². The molecule has 1 aliphatic carbocycles. The first kappa shape index (κ1) is 12.0. The molecule has 0 heterocycles. The summed E-state index contributed by atoms with van der Waals surface area (Å²) in [5.41, 5.74) is 0.271. The Kier molecular flexibility index (Phi) is 4.90. The smallest absolute Gasteiger partial charge is 0.0529 e. The Morgan fingerprint density at radius 3 is 2.50 bits per heavy atom. The van der Waals surface area contributed by atoms with E-state index in [1.54, 1.807) is 0 Å². The highest BCUT2D eigenvalue weighted by atomic mass is 16.5. The van der Waals surface area contributed by atoms with Crippen LogP contribution in [0.2, 0.25) is 0 Å². The zero-order chi connectivity index (χ0) is 10.4. The van der Waals surface area contributed by atoms with Crippen molar-refractivity contribution in [3.05, 3.63) is 0 Å². The summed E-state index contributed by atoms with van der Waals surface area (Å²) in [5.74, 6) is 0.848. The number of ether oxygens (including phenoxy) is 1. The van der Waals surface area contributed by atoms with Gasteiger partial charge in [0.2, 0.25) is 0 Å². The van der Waals surface area contributed by atoms with E-state index in [2.05, 4.69) is 19.2 Å². The summed E-state index contributed by atoms with van der Waals surface area (Å²) in [5, 5.41) is 3.21. The molecule has 1 rings (SSSR count). The standard InChI is InChI=1S/C12H25NO/c1-12(2,9-13-3)10-14-8-11-6-4-5-7-11/h11,13H,4-10H2,1-3H3. The van der Waals surface area contributed by atoms with Gasteiger partial charge in [-0.1, -0.05) is 26.7 Å². The second-order valence-corrected chi connectivity index (χ2v) is 5.36. The SMILES string of the molecule is CNCC(C)(C)COCC1CCCC1. The van der Waals surface area contributed by atoms with Crippen molar-refractivity contribution in [1.29, 1.82) is 0 Å². The Bertz CT molecular complexity index is 150. The first-order valence-electron chi connectivity index (χ1n) is 5.86. The fourth-order valence-corrected chi connectivity index (χ4v) is 2.21. The van der Waals surface area contributed by atoms with Crippen molar-refractivity contribution < 1.29 is 4.74 Å². The van der Waals surface area contributed by atoms with E-state index in [4.69, 9.17) is 4.74 Å². The van der Waals surface area contributed by atoms with Gasteiger partial charge in [-0.25, -0.2) is 0 Å². The van der Waals surface area contributed by atoms with Gasteiger partial charge in [-0.05, 0) is 25.8 Å². The van der Waals surface area contributed by atoms with Crippen LogP contribution in [0, 0.1) is 11.3 Å². The summed E-state index contributed by atoms with van der Waals surface area (Å²) in [6, 6.07) is 0. The van der Waals surface area contributed by atoms with Crippen LogP contribution in [0.15, 0.2) is 0 Å². The van der Waals surface area contributed by atoms with E-state index < -0.39 is 0 Å². The Balaban J connectivity index is 2.07. The lowest BCUT2D eigenvalue weighted by atomic mass is 9.95. The Labute approximate surface area is 88.4 Å². The molecule has 0 unspecified atom stereocenters. The highest BCUT2D eigenvalue weighted by Crippen LogP contribution is 2.25. The Morgan fingerprint density at radius 1 is 1.29 bits per heavy atom. The van der Waals surface area contributed by atoms with E-state index in [9.17, 15) is 0 Å². The topological polar surface area (TPSA) is 21.3 Å². The van der Waals surface area contributed by atoms with Gasteiger partial charge >= 0.3 is 0 Å². The van der Waals surface area contributed by atoms with Crippen molar-refractivity contribution in [1.82, 2.24) is 5.32 Å². The molecule has 0 amide bonds. The minimum absolute atomic E-state index is 0.271. The number of hydrogen-bond acceptors (Lipinski definition) is 2. The van der Waals surface area contributed by atoms with Crippen LogP contribution in [-0.4, -0.2) is 26.8 Å². The van der Waals surface area contributed by atoms with Crippen LogP contribution in [0.25, 0.3) is 0 Å². The van der Waals surface area contributed by atoms with Crippen LogP contribution < -0.4 is 5.32 Å². The van der Waals surface area contributed by atoms with Crippen LogP contribution in [0.3, 0.4) is 0 Å². The zero-order valence-electron chi connectivity index (χ0n) is 9.94. The molecule has 84 valence electrons. The quantitative estimate of drug-likeness (QED) is 0.709. The Hall–Kier alpha value is -0.0800. The summed E-state index contributed by atoms with van der Waals surface area (Å²) in [6.07, 6.45) is 5.58. The monoisotopic (exact) mass is 199 g/mol. The van der Waals surface area contributed by atoms with Crippen LogP contribution in [-0.2, 0) is 4.74 Å². The second kappa shape index (κ2) is 5.72. The third-order valence-electron chi connectivity index (χ3n) is 2.98. The van der Waals surface area contributed by atoms with Crippen LogP contribution >= 0.6 is 0 Å². The van der Waals surface area contributed by atoms with Gasteiger partial charge < -0.3 is 10.1 Å². The third kappa shape index (κ3) is 4.43. The average Bonchev–Trinajstić information content (AvgIpc) is 2.56. The molecule has 0 radical (unpaired) electrons. The summed E-state index contributed by atoms with van der Waals surface area (Å²) < 4.78 is 5.79. The molecule has 0 saturated heterocycles. The maximum absolute atomic E-state index is 5.79. The lowest BCUT2D eigenvalue weighted by molar-refractivity contribution is 0.0422. The predicted octanol–water partition coefficient (Wildman–Crippen LogP) is 2.44. The summed E-state index contributed by atoms with van der Waals surface area (Å²) >= 11 is 0. The summed E-state index contributed by atoms with van der Waals surface area (Å²) in [4.78, 5) is 0. The van der Waals surface area contributed by atoms with Gasteiger partial charge in [0.25, 0.3) is 0 Å². The largest absolute Gasteiger partial charge is 0.381 e. The van der Waals surface area contributed by atoms with E-state index in [-0.39, 0.29) is 5.41 Å². The minimum Gasteiger partial charge on any atom is -0.381 e. The molecule has 1 saturated carbocycles. The minimum atomic E-state index is 0.271. The predicted molar refractivity (Wildman–Crippen MR) is 60.5 cm³/mol. The van der Waals surface area contributed by atoms with Crippen LogP contribution in [0.5, 0.6) is 0 Å². The zero-order valence-corrected chi connectivity index (χ0v) is 9.94. The van der Waals surface area contributed by atoms with E-state index in [0.717, 1.165) is 25.7 Å². The second-order valence-electron chi connectivity index (χ2n) is 5.36. The van der Waals surface area contributed by atoms with Crippen molar-refractivity contribution in [2.24, 2.45) is 11.3 Å². The molecule has 1 N–H and O–H groups in total. The van der Waals surface area contributed by atoms with Crippen molar-refractivity contribution >= 4 is 0 Å². The van der Waals surface area contributed by atoms with Crippen molar-refractivity contribution in [3.8, 4) is 0 Å². The molecule has 1 fully saturated rings. The molecule has 0 aromatic heterocycles. The van der Waals surface area contributed by atoms with Crippen molar-refractivity contribution in [3.63, 3.8) is 0 Å². The molecule has 0 aromatic rings. The van der Waals surface area contributed by atoms with Crippen molar-refractivity contribution in [2.45, 2.75) is 39.5 Å². The lowest BCUT2D eigenvalue weighted by Gasteiger charge is -2.24. The third-order valence-corrected chi connectivity index (χ3v) is 2.98. The molecular weight excluding hydrogens is 174 g/mol. The maximum Gasteiger partial charge on any atom is 0.0529 e. The number of hydrogen-bond donors (Lipinski definition) is 1. The molecule has 2 nitrogen and oxygen atoms in total. The fourth-order valence-electron chi connectivity index (χ4n) is 2.21. The van der Waals surface area contributed by atoms with E-state index in [0.29, 0.717) is 0 Å².